The van der Waals surface area contributed by atoms with E-state index in [9.17, 15) is 9.59 Å². The Morgan fingerprint density at radius 3 is 2.33 bits per heavy atom. The van der Waals surface area contributed by atoms with Gasteiger partial charge in [-0.15, -0.1) is 0 Å². The number of anilines is 1. The van der Waals surface area contributed by atoms with E-state index < -0.39 is 5.41 Å². The summed E-state index contributed by atoms with van der Waals surface area (Å²) in [7, 11) is 0. The largest absolute Gasteiger partial charge is 0.342 e. The van der Waals surface area contributed by atoms with Gasteiger partial charge in [0.2, 0.25) is 17.8 Å². The maximum absolute atomic E-state index is 13.7. The van der Waals surface area contributed by atoms with Crippen molar-refractivity contribution >= 4 is 17.8 Å². The zero-order valence-electron chi connectivity index (χ0n) is 19.7. The summed E-state index contributed by atoms with van der Waals surface area (Å²) < 4.78 is 0. The lowest BCUT2D eigenvalue weighted by Crippen LogP contribution is -2.53. The van der Waals surface area contributed by atoms with Crippen LogP contribution in [0.3, 0.4) is 0 Å². The van der Waals surface area contributed by atoms with E-state index in [1.54, 1.807) is 12.4 Å². The molecule has 7 heteroatoms. The lowest BCUT2D eigenvalue weighted by atomic mass is 9.60. The number of carbonyl (C=O) groups is 2. The van der Waals surface area contributed by atoms with Gasteiger partial charge in [0.05, 0.1) is 11.8 Å². The van der Waals surface area contributed by atoms with Gasteiger partial charge in [-0.2, -0.15) is 0 Å². The Balaban J connectivity index is 1.35. The molecule has 7 nitrogen and oxygen atoms in total. The fraction of sp³-hybridized carbons (Fsp3) is 0.538. The summed E-state index contributed by atoms with van der Waals surface area (Å²) in [5, 5.41) is 0. The molecule has 2 amide bonds. The number of benzene rings is 1. The second kappa shape index (κ2) is 8.43. The average Bonchev–Trinajstić information content (AvgIpc) is 3.34. The molecule has 0 saturated carbocycles. The minimum Gasteiger partial charge on any atom is -0.342 e. The summed E-state index contributed by atoms with van der Waals surface area (Å²) in [5.74, 6) is 1.16. The maximum Gasteiger partial charge on any atom is 0.231 e. The third-order valence-corrected chi connectivity index (χ3v) is 8.24. The van der Waals surface area contributed by atoms with Crippen molar-refractivity contribution in [1.82, 2.24) is 19.8 Å². The summed E-state index contributed by atoms with van der Waals surface area (Å²) >= 11 is 0. The zero-order chi connectivity index (χ0) is 23.1. The molecule has 33 heavy (non-hydrogen) atoms. The number of likely N-dealkylation sites (tertiary alicyclic amines) is 2. The molecule has 0 unspecified atom stereocenters. The molecule has 1 aromatic carbocycles. The zero-order valence-corrected chi connectivity index (χ0v) is 19.7. The van der Waals surface area contributed by atoms with Crippen LogP contribution in [0.2, 0.25) is 0 Å². The third-order valence-electron chi connectivity index (χ3n) is 8.24. The average molecular weight is 448 g/mol. The minimum absolute atomic E-state index is 0.145. The topological polar surface area (TPSA) is 69.6 Å². The van der Waals surface area contributed by atoms with Crippen molar-refractivity contribution in [1.29, 1.82) is 0 Å². The van der Waals surface area contributed by atoms with E-state index in [0.29, 0.717) is 32.0 Å². The number of hydrogen-bond donors (Lipinski definition) is 0. The molecule has 2 aromatic rings. The SMILES string of the molecule is CCN1CC[C@@]2(CN(c3ncccn3)CC23CCN(C(=O)Cc2ccc(C)cc2)CC3)C1=O. The molecule has 2 spiro atoms. The van der Waals surface area contributed by atoms with Gasteiger partial charge in [-0.3, -0.25) is 9.59 Å². The number of aryl methyl sites for hydroxylation is 1. The van der Waals surface area contributed by atoms with E-state index in [2.05, 4.69) is 40.8 Å². The molecule has 3 aliphatic rings. The monoisotopic (exact) mass is 447 g/mol. The summed E-state index contributed by atoms with van der Waals surface area (Å²) in [6.45, 7) is 8.54. The molecular weight excluding hydrogens is 414 g/mol. The Morgan fingerprint density at radius 1 is 1.00 bits per heavy atom. The van der Waals surface area contributed by atoms with Gasteiger partial charge in [0.25, 0.3) is 0 Å². The predicted molar refractivity (Wildman–Crippen MR) is 127 cm³/mol. The number of amides is 2. The highest BCUT2D eigenvalue weighted by Crippen LogP contribution is 2.58. The minimum atomic E-state index is -0.408. The van der Waals surface area contributed by atoms with E-state index in [1.165, 1.54) is 5.56 Å². The lowest BCUT2D eigenvalue weighted by molar-refractivity contribution is -0.143. The molecule has 174 valence electrons. The van der Waals surface area contributed by atoms with E-state index in [4.69, 9.17) is 0 Å². The van der Waals surface area contributed by atoms with Crippen LogP contribution < -0.4 is 4.90 Å². The molecule has 1 aromatic heterocycles. The van der Waals surface area contributed by atoms with Crippen LogP contribution in [0, 0.1) is 17.8 Å². The Hall–Kier alpha value is -2.96. The van der Waals surface area contributed by atoms with Crippen molar-refractivity contribution in [3.8, 4) is 0 Å². The second-order valence-corrected chi connectivity index (χ2v) is 9.95. The first kappa shape index (κ1) is 21.9. The van der Waals surface area contributed by atoms with Crippen molar-refractivity contribution in [2.24, 2.45) is 10.8 Å². The third kappa shape index (κ3) is 3.67. The molecule has 5 rings (SSSR count). The van der Waals surface area contributed by atoms with Crippen molar-refractivity contribution in [2.75, 3.05) is 44.2 Å². The maximum atomic E-state index is 13.7. The Labute approximate surface area is 195 Å². The molecule has 0 bridgehead atoms. The van der Waals surface area contributed by atoms with Gasteiger partial charge in [0.15, 0.2) is 0 Å². The summed E-state index contributed by atoms with van der Waals surface area (Å²) in [6, 6.07) is 10.0. The number of hydrogen-bond acceptors (Lipinski definition) is 5. The summed E-state index contributed by atoms with van der Waals surface area (Å²) in [4.78, 5) is 41.9. The van der Waals surface area contributed by atoms with Crippen molar-refractivity contribution in [2.45, 2.75) is 39.5 Å². The molecule has 3 aliphatic heterocycles. The van der Waals surface area contributed by atoms with Crippen LogP contribution >= 0.6 is 0 Å². The Kier molecular flexibility index (Phi) is 5.59. The highest BCUT2D eigenvalue weighted by atomic mass is 16.2. The van der Waals surface area contributed by atoms with Gasteiger partial charge in [0, 0.05) is 57.1 Å². The first-order valence-electron chi connectivity index (χ1n) is 12.1. The second-order valence-electron chi connectivity index (χ2n) is 9.95. The molecule has 0 N–H and O–H groups in total. The van der Waals surface area contributed by atoms with Gasteiger partial charge in [0.1, 0.15) is 0 Å². The normalized spacial score (nSPS) is 24.3. The molecule has 1 atom stereocenters. The van der Waals surface area contributed by atoms with Crippen LogP contribution in [0.15, 0.2) is 42.7 Å². The van der Waals surface area contributed by atoms with E-state index in [0.717, 1.165) is 44.5 Å². The van der Waals surface area contributed by atoms with Crippen LogP contribution in [0.4, 0.5) is 5.95 Å². The molecule has 0 radical (unpaired) electrons. The molecular formula is C26H33N5O2. The number of nitrogens with zero attached hydrogens (tertiary/aromatic N) is 5. The fourth-order valence-corrected chi connectivity index (χ4v) is 6.25. The van der Waals surface area contributed by atoms with Crippen molar-refractivity contribution in [3.05, 3.63) is 53.9 Å². The highest BCUT2D eigenvalue weighted by molar-refractivity contribution is 5.87. The number of rotatable bonds is 4. The first-order chi connectivity index (χ1) is 16.0. The standard InChI is InChI=1S/C26H33N5O2/c1-3-29-16-11-26(23(29)33)19-31(24-27-12-4-13-28-24)18-25(26)9-14-30(15-10-25)22(32)17-21-7-5-20(2)6-8-21/h4-8,12-13H,3,9-11,14-19H2,1-2H3/t26-/m1/s1. The van der Waals surface area contributed by atoms with Gasteiger partial charge >= 0.3 is 0 Å². The number of aromatic nitrogens is 2. The number of fused-ring (bicyclic) bond motifs is 1. The molecule has 3 fully saturated rings. The van der Waals surface area contributed by atoms with Crippen LogP contribution in [0.25, 0.3) is 0 Å². The van der Waals surface area contributed by atoms with Crippen molar-refractivity contribution in [3.63, 3.8) is 0 Å². The lowest BCUT2D eigenvalue weighted by Gasteiger charge is -2.46. The van der Waals surface area contributed by atoms with Gasteiger partial charge in [-0.05, 0) is 44.7 Å². The highest BCUT2D eigenvalue weighted by Gasteiger charge is 2.65. The molecule has 0 aliphatic carbocycles. The fourth-order valence-electron chi connectivity index (χ4n) is 6.25. The van der Waals surface area contributed by atoms with E-state index in [-0.39, 0.29) is 17.2 Å². The first-order valence-corrected chi connectivity index (χ1v) is 12.1. The van der Waals surface area contributed by atoms with Gasteiger partial charge in [-0.25, -0.2) is 9.97 Å². The van der Waals surface area contributed by atoms with Gasteiger partial charge in [-0.1, -0.05) is 29.8 Å². The quantitative estimate of drug-likeness (QED) is 0.721. The Morgan fingerprint density at radius 2 is 1.70 bits per heavy atom. The van der Waals surface area contributed by atoms with E-state index >= 15 is 0 Å². The van der Waals surface area contributed by atoms with Crippen LogP contribution in [0.1, 0.15) is 37.3 Å². The van der Waals surface area contributed by atoms with E-state index in [1.807, 2.05) is 28.0 Å². The smallest absolute Gasteiger partial charge is 0.231 e. The molecule has 3 saturated heterocycles. The predicted octanol–water partition coefficient (Wildman–Crippen LogP) is 2.70. The molecule has 4 heterocycles. The van der Waals surface area contributed by atoms with Crippen LogP contribution in [-0.4, -0.2) is 70.9 Å². The van der Waals surface area contributed by atoms with Crippen LogP contribution in [0.5, 0.6) is 0 Å². The number of piperidine rings is 1. The summed E-state index contributed by atoms with van der Waals surface area (Å²) in [5.41, 5.74) is 1.70. The van der Waals surface area contributed by atoms with Crippen LogP contribution in [-0.2, 0) is 16.0 Å². The van der Waals surface area contributed by atoms with Crippen molar-refractivity contribution < 1.29 is 9.59 Å². The van der Waals surface area contributed by atoms with Gasteiger partial charge < -0.3 is 14.7 Å². The Bertz CT molecular complexity index is 1020. The number of carbonyl (C=O) groups excluding carboxylic acids is 2. The summed E-state index contributed by atoms with van der Waals surface area (Å²) in [6.07, 6.45) is 6.53.